The minimum Gasteiger partial charge on any atom is -0.497 e. The number of ether oxygens (including phenoxy) is 1. The lowest BCUT2D eigenvalue weighted by atomic mass is 9.68. The number of carbonyl (C=O) groups excluding carboxylic acids is 1. The fourth-order valence-corrected chi connectivity index (χ4v) is 7.07. The molecule has 0 aliphatic heterocycles. The van der Waals surface area contributed by atoms with Crippen molar-refractivity contribution in [3.63, 3.8) is 0 Å². The summed E-state index contributed by atoms with van der Waals surface area (Å²) < 4.78 is 7.06. The average molecular weight is 552 g/mol. The van der Waals surface area contributed by atoms with Crippen molar-refractivity contribution in [1.29, 1.82) is 0 Å². The smallest absolute Gasteiger partial charge is 0.263 e. The van der Waals surface area contributed by atoms with Crippen molar-refractivity contribution in [1.82, 2.24) is 14.9 Å². The van der Waals surface area contributed by atoms with Crippen LogP contribution in [0.2, 0.25) is 0 Å². The van der Waals surface area contributed by atoms with Gasteiger partial charge in [-0.25, -0.2) is 4.98 Å². The average Bonchev–Trinajstić information content (AvgIpc) is 3.45. The molecule has 2 aliphatic carbocycles. The van der Waals surface area contributed by atoms with Gasteiger partial charge in [-0.1, -0.05) is 79.2 Å². The summed E-state index contributed by atoms with van der Waals surface area (Å²) in [5.41, 5.74) is 5.57. The van der Waals surface area contributed by atoms with E-state index in [-0.39, 0.29) is 22.6 Å². The second kappa shape index (κ2) is 11.3. The number of fused-ring (bicyclic) bond motifs is 4. The molecular weight excluding hydrogens is 518 g/mol. The van der Waals surface area contributed by atoms with Gasteiger partial charge in [-0.3, -0.25) is 14.2 Å². The number of benzene rings is 3. The molecule has 40 heavy (non-hydrogen) atoms. The van der Waals surface area contributed by atoms with Crippen LogP contribution in [0.4, 0.5) is 0 Å². The van der Waals surface area contributed by atoms with Crippen molar-refractivity contribution in [2.45, 2.75) is 49.1 Å². The molecule has 204 valence electrons. The van der Waals surface area contributed by atoms with Gasteiger partial charge in [0.2, 0.25) is 5.91 Å². The number of rotatable bonds is 8. The van der Waals surface area contributed by atoms with Crippen LogP contribution in [-0.4, -0.2) is 34.9 Å². The van der Waals surface area contributed by atoms with E-state index in [9.17, 15) is 9.59 Å². The molecule has 0 atom stereocenters. The predicted octanol–water partition coefficient (Wildman–Crippen LogP) is 5.73. The summed E-state index contributed by atoms with van der Waals surface area (Å²) >= 11 is 1.31. The van der Waals surface area contributed by atoms with Gasteiger partial charge in [0.25, 0.3) is 5.56 Å². The Balaban J connectivity index is 1.37. The highest BCUT2D eigenvalue weighted by Gasteiger charge is 2.44. The number of aromatic nitrogens is 2. The van der Waals surface area contributed by atoms with Crippen LogP contribution in [0.3, 0.4) is 0 Å². The minimum absolute atomic E-state index is 0.0291. The van der Waals surface area contributed by atoms with Crippen molar-refractivity contribution in [2.75, 3.05) is 19.4 Å². The molecule has 1 aromatic heterocycles. The molecule has 1 spiro atoms. The molecule has 6 nitrogen and oxygen atoms in total. The summed E-state index contributed by atoms with van der Waals surface area (Å²) in [5.74, 6) is 0.806. The molecule has 0 unspecified atom stereocenters. The maximum Gasteiger partial charge on any atom is 0.263 e. The lowest BCUT2D eigenvalue weighted by Gasteiger charge is -2.36. The van der Waals surface area contributed by atoms with Crippen molar-refractivity contribution in [3.8, 4) is 22.7 Å². The first-order valence-electron chi connectivity index (χ1n) is 13.9. The zero-order valence-corrected chi connectivity index (χ0v) is 23.5. The van der Waals surface area contributed by atoms with Gasteiger partial charge in [-0.15, -0.1) is 0 Å². The molecule has 7 heteroatoms. The summed E-state index contributed by atoms with van der Waals surface area (Å²) in [6.45, 7) is 0.558. The third-order valence-electron chi connectivity index (χ3n) is 8.19. The Morgan fingerprint density at radius 1 is 1.00 bits per heavy atom. The highest BCUT2D eigenvalue weighted by Crippen LogP contribution is 2.50. The van der Waals surface area contributed by atoms with Crippen LogP contribution in [0.15, 0.2) is 88.8 Å². The number of amides is 1. The van der Waals surface area contributed by atoms with E-state index < -0.39 is 0 Å². The number of hydrogen-bond donors (Lipinski definition) is 1. The van der Waals surface area contributed by atoms with Gasteiger partial charge in [0.15, 0.2) is 5.16 Å². The van der Waals surface area contributed by atoms with Gasteiger partial charge in [0.1, 0.15) is 5.75 Å². The lowest BCUT2D eigenvalue weighted by molar-refractivity contribution is -0.118. The van der Waals surface area contributed by atoms with E-state index in [4.69, 9.17) is 9.72 Å². The Kier molecular flexibility index (Phi) is 7.48. The standard InChI is InChI=1S/C33H33N3O3S/c1-39-26-15-13-25(14-16-26)36-31(38)29-30(27-12-6-5-11-24(27)21-33(29)18-7-8-19-33)35-32(36)40-22-28(37)34-20-17-23-9-3-2-4-10-23/h2-6,9-16H,7-8,17-22H2,1H3,(H,34,37). The molecule has 4 aromatic rings. The lowest BCUT2D eigenvalue weighted by Crippen LogP contribution is -2.40. The van der Waals surface area contributed by atoms with E-state index in [1.165, 1.54) is 22.9 Å². The zero-order valence-electron chi connectivity index (χ0n) is 22.7. The molecule has 3 aromatic carbocycles. The van der Waals surface area contributed by atoms with Crippen LogP contribution >= 0.6 is 11.8 Å². The number of thioether (sulfide) groups is 1. The fourth-order valence-electron chi connectivity index (χ4n) is 6.24. The van der Waals surface area contributed by atoms with Crippen LogP contribution in [0, 0.1) is 0 Å². The molecular formula is C33H33N3O3S. The van der Waals surface area contributed by atoms with Gasteiger partial charge in [0, 0.05) is 17.5 Å². The molecule has 1 saturated carbocycles. The summed E-state index contributed by atoms with van der Waals surface area (Å²) in [6.07, 6.45) is 5.84. The maximum atomic E-state index is 14.5. The topological polar surface area (TPSA) is 73.2 Å². The SMILES string of the molecule is COc1ccc(-n2c(SCC(=O)NCCc3ccccc3)nc3c(c2=O)C2(CCCC2)Cc2ccccc2-3)cc1. The Morgan fingerprint density at radius 3 is 2.48 bits per heavy atom. The van der Waals surface area contributed by atoms with Crippen molar-refractivity contribution >= 4 is 17.7 Å². The van der Waals surface area contributed by atoms with E-state index in [0.29, 0.717) is 11.7 Å². The van der Waals surface area contributed by atoms with Gasteiger partial charge in [-0.05, 0) is 61.1 Å². The summed E-state index contributed by atoms with van der Waals surface area (Å²) in [6, 6.07) is 25.9. The van der Waals surface area contributed by atoms with Gasteiger partial charge < -0.3 is 10.1 Å². The third-order valence-corrected chi connectivity index (χ3v) is 9.13. The largest absolute Gasteiger partial charge is 0.497 e. The second-order valence-corrected chi connectivity index (χ2v) is 11.6. The molecule has 2 aliphatic rings. The van der Waals surface area contributed by atoms with E-state index in [1.807, 2.05) is 48.5 Å². The molecule has 1 heterocycles. The van der Waals surface area contributed by atoms with Crippen LogP contribution in [0.25, 0.3) is 16.9 Å². The fraction of sp³-hybridized carbons (Fsp3) is 0.303. The van der Waals surface area contributed by atoms with Crippen molar-refractivity contribution < 1.29 is 9.53 Å². The Morgan fingerprint density at radius 2 is 1.73 bits per heavy atom. The normalized spacial score (nSPS) is 14.9. The molecule has 0 bridgehead atoms. The van der Waals surface area contributed by atoms with Gasteiger partial charge >= 0.3 is 0 Å². The van der Waals surface area contributed by atoms with Gasteiger partial charge in [-0.2, -0.15) is 0 Å². The first kappa shape index (κ1) is 26.4. The highest BCUT2D eigenvalue weighted by molar-refractivity contribution is 7.99. The number of methoxy groups -OCH3 is 1. The molecule has 1 fully saturated rings. The summed E-state index contributed by atoms with van der Waals surface area (Å²) in [7, 11) is 1.63. The first-order valence-corrected chi connectivity index (χ1v) is 14.9. The summed E-state index contributed by atoms with van der Waals surface area (Å²) in [4.78, 5) is 32.5. The van der Waals surface area contributed by atoms with Crippen LogP contribution in [0.1, 0.15) is 42.4 Å². The molecule has 1 amide bonds. The Bertz CT molecular complexity index is 1580. The monoisotopic (exact) mass is 551 g/mol. The molecule has 0 radical (unpaired) electrons. The van der Waals surface area contributed by atoms with E-state index in [1.54, 1.807) is 11.7 Å². The molecule has 0 saturated heterocycles. The van der Waals surface area contributed by atoms with Crippen molar-refractivity contribution in [2.24, 2.45) is 0 Å². The van der Waals surface area contributed by atoms with Gasteiger partial charge in [0.05, 0.1) is 29.8 Å². The minimum atomic E-state index is -0.194. The summed E-state index contributed by atoms with van der Waals surface area (Å²) in [5, 5.41) is 3.54. The highest BCUT2D eigenvalue weighted by atomic mass is 32.2. The second-order valence-electron chi connectivity index (χ2n) is 10.7. The van der Waals surface area contributed by atoms with Crippen LogP contribution in [-0.2, 0) is 23.1 Å². The number of hydrogen-bond acceptors (Lipinski definition) is 5. The van der Waals surface area contributed by atoms with E-state index in [0.717, 1.165) is 66.8 Å². The van der Waals surface area contributed by atoms with Crippen LogP contribution < -0.4 is 15.6 Å². The Hall–Kier alpha value is -3.84. The van der Waals surface area contributed by atoms with E-state index >= 15 is 0 Å². The van der Waals surface area contributed by atoms with Crippen molar-refractivity contribution in [3.05, 3.63) is 106 Å². The molecule has 1 N–H and O–H groups in total. The third kappa shape index (κ3) is 5.06. The zero-order chi connectivity index (χ0) is 27.5. The predicted molar refractivity (Wildman–Crippen MR) is 160 cm³/mol. The number of nitrogens with one attached hydrogen (secondary N) is 1. The molecule has 6 rings (SSSR count). The quantitative estimate of drug-likeness (QED) is 0.224. The number of carbonyl (C=O) groups is 1. The van der Waals surface area contributed by atoms with E-state index in [2.05, 4.69) is 35.6 Å². The Labute approximate surface area is 238 Å². The number of nitrogens with zero attached hydrogens (tertiary/aromatic N) is 2. The van der Waals surface area contributed by atoms with Crippen LogP contribution in [0.5, 0.6) is 5.75 Å². The maximum absolute atomic E-state index is 14.5. The first-order chi connectivity index (χ1) is 19.6.